The SMILES string of the molecule is O=C(O)[C@@H]1OC[C@H]2COCC[C@@H]21. The van der Waals surface area contributed by atoms with Gasteiger partial charge in [0.25, 0.3) is 0 Å². The summed E-state index contributed by atoms with van der Waals surface area (Å²) >= 11 is 0. The summed E-state index contributed by atoms with van der Waals surface area (Å²) in [6, 6.07) is 0. The van der Waals surface area contributed by atoms with E-state index in [1.54, 1.807) is 0 Å². The van der Waals surface area contributed by atoms with Crippen LogP contribution < -0.4 is 0 Å². The third-order valence-electron chi connectivity index (χ3n) is 2.66. The minimum Gasteiger partial charge on any atom is -0.479 e. The molecule has 0 aromatic rings. The largest absolute Gasteiger partial charge is 0.479 e. The quantitative estimate of drug-likeness (QED) is 0.610. The number of hydrogen-bond acceptors (Lipinski definition) is 3. The zero-order valence-electron chi connectivity index (χ0n) is 6.73. The van der Waals surface area contributed by atoms with Crippen molar-refractivity contribution in [2.24, 2.45) is 11.8 Å². The third-order valence-corrected chi connectivity index (χ3v) is 2.66. The van der Waals surface area contributed by atoms with Crippen molar-refractivity contribution in [3.8, 4) is 0 Å². The minimum atomic E-state index is -0.829. The average molecular weight is 172 g/mol. The molecule has 0 amide bonds. The van der Waals surface area contributed by atoms with E-state index in [0.717, 1.165) is 6.42 Å². The number of rotatable bonds is 1. The summed E-state index contributed by atoms with van der Waals surface area (Å²) in [5.41, 5.74) is 0. The Morgan fingerprint density at radius 3 is 3.00 bits per heavy atom. The molecule has 0 aromatic heterocycles. The predicted molar refractivity (Wildman–Crippen MR) is 39.8 cm³/mol. The molecule has 2 aliphatic rings. The van der Waals surface area contributed by atoms with Crippen molar-refractivity contribution in [1.82, 2.24) is 0 Å². The Hall–Kier alpha value is -0.610. The van der Waals surface area contributed by atoms with Gasteiger partial charge < -0.3 is 14.6 Å². The van der Waals surface area contributed by atoms with Gasteiger partial charge >= 0.3 is 5.97 Å². The first-order valence-electron chi connectivity index (χ1n) is 4.21. The number of carbonyl (C=O) groups is 1. The van der Waals surface area contributed by atoms with Crippen LogP contribution in [0.3, 0.4) is 0 Å². The number of carboxylic acids is 1. The molecule has 4 heteroatoms. The van der Waals surface area contributed by atoms with Gasteiger partial charge in [-0.1, -0.05) is 0 Å². The Bertz CT molecular complexity index is 191. The van der Waals surface area contributed by atoms with Crippen LogP contribution in [0.25, 0.3) is 0 Å². The summed E-state index contributed by atoms with van der Waals surface area (Å²) in [4.78, 5) is 10.7. The highest BCUT2D eigenvalue weighted by molar-refractivity contribution is 5.73. The molecule has 0 radical (unpaired) electrons. The van der Waals surface area contributed by atoms with Gasteiger partial charge in [0.15, 0.2) is 6.10 Å². The molecule has 4 nitrogen and oxygen atoms in total. The van der Waals surface area contributed by atoms with Crippen LogP contribution in [0.1, 0.15) is 6.42 Å². The highest BCUT2D eigenvalue weighted by Crippen LogP contribution is 2.33. The normalized spacial score (nSPS) is 40.8. The van der Waals surface area contributed by atoms with Gasteiger partial charge in [0, 0.05) is 18.4 Å². The van der Waals surface area contributed by atoms with E-state index in [4.69, 9.17) is 14.6 Å². The smallest absolute Gasteiger partial charge is 0.333 e. The maximum absolute atomic E-state index is 10.7. The summed E-state index contributed by atoms with van der Waals surface area (Å²) in [5, 5.41) is 8.79. The predicted octanol–water partition coefficient (Wildman–Crippen LogP) is 0.122. The van der Waals surface area contributed by atoms with Crippen molar-refractivity contribution in [2.45, 2.75) is 12.5 Å². The number of hydrogen-bond donors (Lipinski definition) is 1. The van der Waals surface area contributed by atoms with E-state index in [-0.39, 0.29) is 5.92 Å². The first-order chi connectivity index (χ1) is 5.79. The zero-order chi connectivity index (χ0) is 8.55. The van der Waals surface area contributed by atoms with Crippen molar-refractivity contribution in [3.63, 3.8) is 0 Å². The van der Waals surface area contributed by atoms with Crippen molar-refractivity contribution < 1.29 is 19.4 Å². The molecule has 0 bridgehead atoms. The van der Waals surface area contributed by atoms with Gasteiger partial charge in [0.1, 0.15) is 0 Å². The number of aliphatic carboxylic acids is 1. The fraction of sp³-hybridized carbons (Fsp3) is 0.875. The van der Waals surface area contributed by atoms with Crippen molar-refractivity contribution in [3.05, 3.63) is 0 Å². The molecule has 12 heavy (non-hydrogen) atoms. The number of carboxylic acid groups (broad SMARTS) is 1. The molecule has 0 unspecified atom stereocenters. The summed E-state index contributed by atoms with van der Waals surface area (Å²) in [7, 11) is 0. The highest BCUT2D eigenvalue weighted by Gasteiger charge is 2.42. The molecular weight excluding hydrogens is 160 g/mol. The first kappa shape index (κ1) is 8.01. The molecule has 0 aromatic carbocycles. The second-order valence-corrected chi connectivity index (χ2v) is 3.38. The summed E-state index contributed by atoms with van der Waals surface area (Å²) < 4.78 is 10.4. The molecule has 2 saturated heterocycles. The molecular formula is C8H12O4. The van der Waals surface area contributed by atoms with Gasteiger partial charge in [0.2, 0.25) is 0 Å². The lowest BCUT2D eigenvalue weighted by molar-refractivity contribution is -0.149. The van der Waals surface area contributed by atoms with Crippen molar-refractivity contribution in [1.29, 1.82) is 0 Å². The Kier molecular flexibility index (Phi) is 2.02. The van der Waals surface area contributed by atoms with E-state index in [1.165, 1.54) is 0 Å². The molecule has 0 spiro atoms. The molecule has 2 aliphatic heterocycles. The van der Waals surface area contributed by atoms with E-state index >= 15 is 0 Å². The minimum absolute atomic E-state index is 0.177. The standard InChI is InChI=1S/C8H12O4/c9-8(10)7-6-1-2-11-3-5(6)4-12-7/h5-7H,1-4H2,(H,9,10)/t5-,6+,7-/m1/s1. The van der Waals surface area contributed by atoms with Gasteiger partial charge in [-0.3, -0.25) is 0 Å². The van der Waals surface area contributed by atoms with Crippen LogP contribution in [0.2, 0.25) is 0 Å². The van der Waals surface area contributed by atoms with Crippen LogP contribution in [0, 0.1) is 11.8 Å². The van der Waals surface area contributed by atoms with Crippen LogP contribution in [0.4, 0.5) is 0 Å². The topological polar surface area (TPSA) is 55.8 Å². The molecule has 2 fully saturated rings. The van der Waals surface area contributed by atoms with Gasteiger partial charge in [0.05, 0.1) is 13.2 Å². The molecule has 0 saturated carbocycles. The lowest BCUT2D eigenvalue weighted by Crippen LogP contribution is -2.34. The van der Waals surface area contributed by atoms with E-state index in [1.807, 2.05) is 0 Å². The second kappa shape index (κ2) is 3.03. The molecule has 1 N–H and O–H groups in total. The van der Waals surface area contributed by atoms with Crippen molar-refractivity contribution in [2.75, 3.05) is 19.8 Å². The Balaban J connectivity index is 2.05. The Morgan fingerprint density at radius 2 is 2.25 bits per heavy atom. The molecule has 68 valence electrons. The van der Waals surface area contributed by atoms with Gasteiger partial charge in [-0.05, 0) is 6.42 Å². The van der Waals surface area contributed by atoms with Crippen molar-refractivity contribution >= 4 is 5.97 Å². The highest BCUT2D eigenvalue weighted by atomic mass is 16.5. The van der Waals surface area contributed by atoms with Gasteiger partial charge in [-0.2, -0.15) is 0 Å². The van der Waals surface area contributed by atoms with Gasteiger partial charge in [-0.25, -0.2) is 4.79 Å². The fourth-order valence-electron chi connectivity index (χ4n) is 1.99. The molecule has 2 heterocycles. The Morgan fingerprint density at radius 1 is 1.42 bits per heavy atom. The van der Waals surface area contributed by atoms with Crippen LogP contribution in [0.5, 0.6) is 0 Å². The monoisotopic (exact) mass is 172 g/mol. The van der Waals surface area contributed by atoms with E-state index in [9.17, 15) is 4.79 Å². The van der Waals surface area contributed by atoms with Gasteiger partial charge in [-0.15, -0.1) is 0 Å². The molecule has 2 rings (SSSR count). The lowest BCUT2D eigenvalue weighted by atomic mass is 9.87. The first-order valence-corrected chi connectivity index (χ1v) is 4.21. The molecule has 0 aliphatic carbocycles. The second-order valence-electron chi connectivity index (χ2n) is 3.38. The number of ether oxygens (including phenoxy) is 2. The summed E-state index contributed by atoms with van der Waals surface area (Å²) in [6.45, 7) is 1.88. The van der Waals surface area contributed by atoms with E-state index in [2.05, 4.69) is 0 Å². The maximum Gasteiger partial charge on any atom is 0.333 e. The maximum atomic E-state index is 10.7. The lowest BCUT2D eigenvalue weighted by Gasteiger charge is -2.25. The van der Waals surface area contributed by atoms with E-state index in [0.29, 0.717) is 25.7 Å². The zero-order valence-corrected chi connectivity index (χ0v) is 6.73. The fourth-order valence-corrected chi connectivity index (χ4v) is 1.99. The van der Waals surface area contributed by atoms with Crippen LogP contribution in [0.15, 0.2) is 0 Å². The van der Waals surface area contributed by atoms with Crippen LogP contribution in [-0.4, -0.2) is 37.0 Å². The average Bonchev–Trinajstić information content (AvgIpc) is 2.47. The van der Waals surface area contributed by atoms with E-state index < -0.39 is 12.1 Å². The summed E-state index contributed by atoms with van der Waals surface area (Å²) in [5.74, 6) is -0.347. The van der Waals surface area contributed by atoms with Crippen LogP contribution >= 0.6 is 0 Å². The summed E-state index contributed by atoms with van der Waals surface area (Å²) in [6.07, 6.45) is 0.237. The third kappa shape index (κ3) is 1.21. The van der Waals surface area contributed by atoms with Crippen LogP contribution in [-0.2, 0) is 14.3 Å². The Labute approximate surface area is 70.5 Å². The molecule has 3 atom stereocenters. The number of fused-ring (bicyclic) bond motifs is 1.